The molecule has 1 rings (SSSR count). The maximum Gasteiger partial charge on any atom is 0.0406 e. The first-order valence-electron chi connectivity index (χ1n) is 6.55. The highest BCUT2D eigenvalue weighted by Gasteiger charge is 2.02. The van der Waals surface area contributed by atoms with E-state index >= 15 is 0 Å². The van der Waals surface area contributed by atoms with Crippen LogP contribution < -0.4 is 5.32 Å². The van der Waals surface area contributed by atoms with E-state index in [2.05, 4.69) is 38.2 Å². The van der Waals surface area contributed by atoms with Gasteiger partial charge < -0.3 is 5.32 Å². The van der Waals surface area contributed by atoms with Crippen molar-refractivity contribution in [3.8, 4) is 0 Å². The Hall–Kier alpha value is -0.530. The van der Waals surface area contributed by atoms with Crippen LogP contribution >= 0.6 is 11.6 Å². The molecule has 1 N–H and O–H groups in total. The molecular weight excluding hydrogens is 230 g/mol. The van der Waals surface area contributed by atoms with E-state index in [0.717, 1.165) is 23.9 Å². The van der Waals surface area contributed by atoms with Crippen molar-refractivity contribution in [1.29, 1.82) is 0 Å². The van der Waals surface area contributed by atoms with Crippen LogP contribution in [0.25, 0.3) is 0 Å². The normalized spacial score (nSPS) is 13.0. The summed E-state index contributed by atoms with van der Waals surface area (Å²) in [5.41, 5.74) is 1.35. The molecule has 0 saturated carbocycles. The van der Waals surface area contributed by atoms with Gasteiger partial charge in [-0.05, 0) is 56.3 Å². The predicted octanol–water partition coefficient (Wildman–Crippen LogP) is 4.30. The average molecular weight is 254 g/mol. The fraction of sp³-hybridized carbons (Fsp3) is 0.600. The van der Waals surface area contributed by atoms with Crippen LogP contribution in [-0.4, -0.2) is 12.6 Å². The minimum absolute atomic E-state index is 0.615. The summed E-state index contributed by atoms with van der Waals surface area (Å²) in [6.45, 7) is 7.87. The molecule has 0 aliphatic carbocycles. The first-order valence-corrected chi connectivity index (χ1v) is 6.93. The van der Waals surface area contributed by atoms with Crippen molar-refractivity contribution >= 4 is 11.6 Å². The molecule has 2 heteroatoms. The lowest BCUT2D eigenvalue weighted by Gasteiger charge is -2.14. The molecule has 17 heavy (non-hydrogen) atoms. The van der Waals surface area contributed by atoms with Gasteiger partial charge in [-0.1, -0.05) is 37.6 Å². The average Bonchev–Trinajstić information content (AvgIpc) is 2.29. The van der Waals surface area contributed by atoms with Crippen molar-refractivity contribution < 1.29 is 0 Å². The van der Waals surface area contributed by atoms with Crippen molar-refractivity contribution in [3.05, 3.63) is 34.9 Å². The molecule has 0 saturated heterocycles. The third-order valence-electron chi connectivity index (χ3n) is 3.00. The van der Waals surface area contributed by atoms with Gasteiger partial charge in [0.2, 0.25) is 0 Å². The minimum atomic E-state index is 0.615. The summed E-state index contributed by atoms with van der Waals surface area (Å²) in [6.07, 6.45) is 3.64. The first-order chi connectivity index (χ1) is 8.08. The molecule has 1 atom stereocenters. The molecular formula is C15H24ClN. The molecule has 0 amide bonds. The van der Waals surface area contributed by atoms with E-state index in [4.69, 9.17) is 11.6 Å². The SMILES string of the molecule is CC(C)CCC(C)NCCc1ccc(Cl)cc1. The van der Waals surface area contributed by atoms with Crippen molar-refractivity contribution in [3.63, 3.8) is 0 Å². The van der Waals surface area contributed by atoms with Crippen molar-refractivity contribution in [1.82, 2.24) is 5.32 Å². The number of hydrogen-bond donors (Lipinski definition) is 1. The molecule has 1 aromatic carbocycles. The Balaban J connectivity index is 2.16. The van der Waals surface area contributed by atoms with E-state index in [1.165, 1.54) is 18.4 Å². The second kappa shape index (κ2) is 7.73. The molecule has 0 aromatic heterocycles. The fourth-order valence-electron chi connectivity index (χ4n) is 1.80. The topological polar surface area (TPSA) is 12.0 Å². The molecule has 0 radical (unpaired) electrons. The Labute approximate surface area is 111 Å². The molecule has 0 heterocycles. The Morgan fingerprint density at radius 3 is 2.29 bits per heavy atom. The molecule has 1 aromatic rings. The van der Waals surface area contributed by atoms with E-state index in [9.17, 15) is 0 Å². The summed E-state index contributed by atoms with van der Waals surface area (Å²) in [5, 5.41) is 4.38. The molecule has 0 fully saturated rings. The number of nitrogens with one attached hydrogen (secondary N) is 1. The van der Waals surface area contributed by atoms with Crippen LogP contribution in [0.15, 0.2) is 24.3 Å². The van der Waals surface area contributed by atoms with Gasteiger partial charge in [0.1, 0.15) is 0 Å². The van der Waals surface area contributed by atoms with Gasteiger partial charge >= 0.3 is 0 Å². The van der Waals surface area contributed by atoms with Gasteiger partial charge in [-0.25, -0.2) is 0 Å². The highest BCUT2D eigenvalue weighted by atomic mass is 35.5. The zero-order valence-corrected chi connectivity index (χ0v) is 11.9. The van der Waals surface area contributed by atoms with E-state index in [1.807, 2.05) is 12.1 Å². The van der Waals surface area contributed by atoms with Gasteiger partial charge in [0.25, 0.3) is 0 Å². The van der Waals surface area contributed by atoms with Crippen LogP contribution in [0.3, 0.4) is 0 Å². The van der Waals surface area contributed by atoms with E-state index < -0.39 is 0 Å². The van der Waals surface area contributed by atoms with Gasteiger partial charge in [-0.3, -0.25) is 0 Å². The lowest BCUT2D eigenvalue weighted by molar-refractivity contribution is 0.453. The van der Waals surface area contributed by atoms with Gasteiger partial charge in [-0.2, -0.15) is 0 Å². The zero-order valence-electron chi connectivity index (χ0n) is 11.2. The molecule has 1 nitrogen and oxygen atoms in total. The van der Waals surface area contributed by atoms with Crippen LogP contribution in [-0.2, 0) is 6.42 Å². The maximum absolute atomic E-state index is 5.85. The van der Waals surface area contributed by atoms with Gasteiger partial charge in [-0.15, -0.1) is 0 Å². The summed E-state index contributed by atoms with van der Waals surface area (Å²) in [6, 6.07) is 8.73. The molecule has 96 valence electrons. The Morgan fingerprint density at radius 2 is 1.71 bits per heavy atom. The minimum Gasteiger partial charge on any atom is -0.314 e. The van der Waals surface area contributed by atoms with Crippen LogP contribution in [0.5, 0.6) is 0 Å². The second-order valence-corrected chi connectivity index (χ2v) is 5.64. The lowest BCUT2D eigenvalue weighted by Crippen LogP contribution is -2.28. The number of halogens is 1. The number of hydrogen-bond acceptors (Lipinski definition) is 1. The monoisotopic (exact) mass is 253 g/mol. The van der Waals surface area contributed by atoms with E-state index in [-0.39, 0.29) is 0 Å². The Kier molecular flexibility index (Phi) is 6.61. The van der Waals surface area contributed by atoms with Crippen molar-refractivity contribution in [2.45, 2.75) is 46.1 Å². The molecule has 0 aliphatic rings. The van der Waals surface area contributed by atoms with Crippen LogP contribution in [0.4, 0.5) is 0 Å². The lowest BCUT2D eigenvalue weighted by atomic mass is 10.0. The van der Waals surface area contributed by atoms with Gasteiger partial charge in [0, 0.05) is 11.1 Å². The van der Waals surface area contributed by atoms with Crippen LogP contribution in [0, 0.1) is 5.92 Å². The predicted molar refractivity (Wildman–Crippen MR) is 76.7 cm³/mol. The zero-order chi connectivity index (χ0) is 12.7. The smallest absolute Gasteiger partial charge is 0.0406 e. The summed E-state index contributed by atoms with van der Waals surface area (Å²) in [7, 11) is 0. The summed E-state index contributed by atoms with van der Waals surface area (Å²) in [5.74, 6) is 0.801. The van der Waals surface area contributed by atoms with Crippen LogP contribution in [0.2, 0.25) is 5.02 Å². The standard InChI is InChI=1S/C15H24ClN/c1-12(2)4-5-13(3)17-11-10-14-6-8-15(16)9-7-14/h6-9,12-13,17H,4-5,10-11H2,1-3H3. The van der Waals surface area contributed by atoms with Gasteiger partial charge in [0.05, 0.1) is 0 Å². The quantitative estimate of drug-likeness (QED) is 0.764. The van der Waals surface area contributed by atoms with Crippen LogP contribution in [0.1, 0.15) is 39.2 Å². The Morgan fingerprint density at radius 1 is 1.06 bits per heavy atom. The molecule has 0 bridgehead atoms. The third-order valence-corrected chi connectivity index (χ3v) is 3.25. The Bertz CT molecular complexity index is 305. The summed E-state index contributed by atoms with van der Waals surface area (Å²) >= 11 is 5.85. The van der Waals surface area contributed by atoms with Crippen molar-refractivity contribution in [2.24, 2.45) is 5.92 Å². The van der Waals surface area contributed by atoms with E-state index in [1.54, 1.807) is 0 Å². The first kappa shape index (κ1) is 14.5. The number of benzene rings is 1. The highest BCUT2D eigenvalue weighted by Crippen LogP contribution is 2.10. The molecule has 0 spiro atoms. The number of rotatable bonds is 7. The summed E-state index contributed by atoms with van der Waals surface area (Å²) < 4.78 is 0. The highest BCUT2D eigenvalue weighted by molar-refractivity contribution is 6.30. The second-order valence-electron chi connectivity index (χ2n) is 5.20. The van der Waals surface area contributed by atoms with Gasteiger partial charge in [0.15, 0.2) is 0 Å². The third kappa shape index (κ3) is 6.70. The molecule has 1 unspecified atom stereocenters. The largest absolute Gasteiger partial charge is 0.314 e. The maximum atomic E-state index is 5.85. The summed E-state index contributed by atoms with van der Waals surface area (Å²) in [4.78, 5) is 0. The molecule has 0 aliphatic heterocycles. The van der Waals surface area contributed by atoms with Crippen molar-refractivity contribution in [2.75, 3.05) is 6.54 Å². The fourth-order valence-corrected chi connectivity index (χ4v) is 1.93. The van der Waals surface area contributed by atoms with E-state index in [0.29, 0.717) is 6.04 Å².